The Kier molecular flexibility index (Phi) is 6.86. The van der Waals surface area contributed by atoms with Gasteiger partial charge < -0.3 is 15.4 Å². The topological polar surface area (TPSA) is 72.0 Å². The largest absolute Gasteiger partial charge is 0.379 e. The first-order valence-electron chi connectivity index (χ1n) is 8.32. The molecule has 0 bridgehead atoms. The van der Waals surface area contributed by atoms with Gasteiger partial charge in [-0.2, -0.15) is 0 Å². The zero-order valence-electron chi connectivity index (χ0n) is 14.9. The highest BCUT2D eigenvalue weighted by molar-refractivity contribution is 5.98. The molecule has 0 saturated heterocycles. The summed E-state index contributed by atoms with van der Waals surface area (Å²) in [6.07, 6.45) is 0. The highest BCUT2D eigenvalue weighted by atomic mass is 16.5. The number of ketones is 1. The first-order chi connectivity index (χ1) is 12.0. The molecule has 2 aromatic carbocycles. The van der Waals surface area contributed by atoms with Gasteiger partial charge in [-0.15, -0.1) is 0 Å². The van der Waals surface area contributed by atoms with Crippen LogP contribution in [0.3, 0.4) is 0 Å². The van der Waals surface area contributed by atoms with E-state index in [-0.39, 0.29) is 17.7 Å². The van der Waals surface area contributed by atoms with Crippen molar-refractivity contribution in [3.8, 4) is 0 Å². The Balaban J connectivity index is 2.20. The summed E-state index contributed by atoms with van der Waals surface area (Å²) >= 11 is 0. The Morgan fingerprint density at radius 1 is 1.12 bits per heavy atom. The standard InChI is InChI=1S/C20H24N2O3/c1-14(13-25-3)21-19(16-8-5-4-6-9-16)20(24)22-18-11-7-10-17(12-18)15(2)23/h4-12,14,19,21H,13H2,1-3H3,(H,22,24)/p+1/t14-,19+/m1/s1. The molecule has 132 valence electrons. The van der Waals surface area contributed by atoms with Crippen LogP contribution in [0.4, 0.5) is 5.69 Å². The average Bonchev–Trinajstić information content (AvgIpc) is 2.61. The predicted molar refractivity (Wildman–Crippen MR) is 97.5 cm³/mol. The molecule has 3 N–H and O–H groups in total. The molecule has 5 heteroatoms. The lowest BCUT2D eigenvalue weighted by atomic mass is 10.0. The van der Waals surface area contributed by atoms with Crippen LogP contribution in [0.1, 0.15) is 35.8 Å². The smallest absolute Gasteiger partial charge is 0.287 e. The summed E-state index contributed by atoms with van der Waals surface area (Å²) in [5.74, 6) is -0.161. The maximum atomic E-state index is 12.9. The highest BCUT2D eigenvalue weighted by Gasteiger charge is 2.26. The van der Waals surface area contributed by atoms with E-state index in [2.05, 4.69) is 5.32 Å². The van der Waals surface area contributed by atoms with Crippen molar-refractivity contribution in [2.45, 2.75) is 25.9 Å². The fourth-order valence-corrected chi connectivity index (χ4v) is 2.69. The number of carbonyl (C=O) groups excluding carboxylic acids is 2. The third-order valence-corrected chi connectivity index (χ3v) is 3.93. The van der Waals surface area contributed by atoms with Gasteiger partial charge in [0.1, 0.15) is 6.04 Å². The number of hydrogen-bond acceptors (Lipinski definition) is 3. The van der Waals surface area contributed by atoms with Gasteiger partial charge in [0.25, 0.3) is 5.91 Å². The Bertz CT molecular complexity index is 716. The molecule has 5 nitrogen and oxygen atoms in total. The third kappa shape index (κ3) is 5.52. The van der Waals surface area contributed by atoms with Gasteiger partial charge in [-0.3, -0.25) is 9.59 Å². The minimum absolute atomic E-state index is 0.0315. The number of carbonyl (C=O) groups is 2. The van der Waals surface area contributed by atoms with Crippen molar-refractivity contribution in [1.82, 2.24) is 0 Å². The predicted octanol–water partition coefficient (Wildman–Crippen LogP) is 2.17. The normalized spacial score (nSPS) is 13.1. The number of benzene rings is 2. The summed E-state index contributed by atoms with van der Waals surface area (Å²) in [6.45, 7) is 4.08. The van der Waals surface area contributed by atoms with Gasteiger partial charge in [-0.25, -0.2) is 0 Å². The number of anilines is 1. The van der Waals surface area contributed by atoms with Gasteiger partial charge in [0, 0.05) is 23.9 Å². The number of nitrogens with one attached hydrogen (secondary N) is 1. The van der Waals surface area contributed by atoms with Crippen molar-refractivity contribution in [1.29, 1.82) is 0 Å². The van der Waals surface area contributed by atoms with E-state index in [1.807, 2.05) is 42.6 Å². The fourth-order valence-electron chi connectivity index (χ4n) is 2.69. The molecule has 0 heterocycles. The molecule has 0 spiro atoms. The summed E-state index contributed by atoms with van der Waals surface area (Å²) in [6, 6.07) is 16.3. The molecule has 0 fully saturated rings. The number of hydrogen-bond donors (Lipinski definition) is 2. The molecular weight excluding hydrogens is 316 g/mol. The van der Waals surface area contributed by atoms with Crippen LogP contribution in [0, 0.1) is 0 Å². The van der Waals surface area contributed by atoms with Crippen LogP contribution in [0.15, 0.2) is 54.6 Å². The Labute approximate surface area is 148 Å². The van der Waals surface area contributed by atoms with Crippen molar-refractivity contribution in [2.75, 3.05) is 19.0 Å². The number of methoxy groups -OCH3 is 1. The zero-order chi connectivity index (χ0) is 18.2. The molecule has 0 radical (unpaired) electrons. The second-order valence-electron chi connectivity index (χ2n) is 6.14. The molecule has 2 rings (SSSR count). The molecule has 0 saturated carbocycles. The van der Waals surface area contributed by atoms with Crippen LogP contribution in [0.5, 0.6) is 0 Å². The van der Waals surface area contributed by atoms with E-state index in [9.17, 15) is 9.59 Å². The fraction of sp³-hybridized carbons (Fsp3) is 0.300. The third-order valence-electron chi connectivity index (χ3n) is 3.93. The number of nitrogens with two attached hydrogens (primary N) is 1. The Hall–Kier alpha value is -2.50. The van der Waals surface area contributed by atoms with Gasteiger partial charge in [-0.1, -0.05) is 42.5 Å². The molecular formula is C20H25N2O3+. The summed E-state index contributed by atoms with van der Waals surface area (Å²) in [7, 11) is 1.65. The van der Waals surface area contributed by atoms with Crippen molar-refractivity contribution in [2.24, 2.45) is 0 Å². The average molecular weight is 341 g/mol. The zero-order valence-corrected chi connectivity index (χ0v) is 14.9. The van der Waals surface area contributed by atoms with Crippen LogP contribution in [-0.2, 0) is 9.53 Å². The van der Waals surface area contributed by atoms with Crippen LogP contribution < -0.4 is 10.6 Å². The lowest BCUT2D eigenvalue weighted by molar-refractivity contribution is -0.713. The molecule has 2 atom stereocenters. The second-order valence-corrected chi connectivity index (χ2v) is 6.14. The van der Waals surface area contributed by atoms with Gasteiger partial charge in [0.05, 0.1) is 6.61 Å². The molecule has 25 heavy (non-hydrogen) atoms. The number of rotatable bonds is 8. The van der Waals surface area contributed by atoms with Crippen LogP contribution >= 0.6 is 0 Å². The van der Waals surface area contributed by atoms with Gasteiger partial charge in [-0.05, 0) is 26.0 Å². The molecule has 0 aliphatic carbocycles. The Morgan fingerprint density at radius 2 is 1.84 bits per heavy atom. The van der Waals surface area contributed by atoms with Crippen molar-refractivity contribution in [3.63, 3.8) is 0 Å². The van der Waals surface area contributed by atoms with Crippen LogP contribution in [0.25, 0.3) is 0 Å². The Morgan fingerprint density at radius 3 is 2.48 bits per heavy atom. The van der Waals surface area contributed by atoms with Gasteiger partial charge >= 0.3 is 0 Å². The lowest BCUT2D eigenvalue weighted by Crippen LogP contribution is -2.92. The molecule has 1 amide bonds. The number of Topliss-reactive ketones (excluding diaryl/α,β-unsaturated/α-hetero) is 1. The molecule has 0 aliphatic rings. The van der Waals surface area contributed by atoms with Gasteiger partial charge in [0.15, 0.2) is 11.8 Å². The first kappa shape index (κ1) is 18.8. The van der Waals surface area contributed by atoms with E-state index in [0.29, 0.717) is 17.9 Å². The number of amides is 1. The quantitative estimate of drug-likeness (QED) is 0.723. The minimum atomic E-state index is -0.396. The van der Waals surface area contributed by atoms with E-state index < -0.39 is 6.04 Å². The molecule has 0 aromatic heterocycles. The van der Waals surface area contributed by atoms with Crippen molar-refractivity contribution < 1.29 is 19.6 Å². The number of quaternary nitrogens is 1. The molecule has 0 unspecified atom stereocenters. The second kappa shape index (κ2) is 9.11. The van der Waals surface area contributed by atoms with E-state index in [4.69, 9.17) is 4.74 Å². The van der Waals surface area contributed by atoms with E-state index >= 15 is 0 Å². The summed E-state index contributed by atoms with van der Waals surface area (Å²) in [5, 5.41) is 4.91. The minimum Gasteiger partial charge on any atom is -0.379 e. The monoisotopic (exact) mass is 341 g/mol. The van der Waals surface area contributed by atoms with Crippen LogP contribution in [-0.4, -0.2) is 31.4 Å². The van der Waals surface area contributed by atoms with E-state index in [1.54, 1.807) is 31.4 Å². The SMILES string of the molecule is COC[C@@H](C)[NH2+][C@H](C(=O)Nc1cccc(C(C)=O)c1)c1ccccc1. The number of ether oxygens (including phenoxy) is 1. The lowest BCUT2D eigenvalue weighted by Gasteiger charge is -2.20. The van der Waals surface area contributed by atoms with Crippen LogP contribution in [0.2, 0.25) is 0 Å². The summed E-state index contributed by atoms with van der Waals surface area (Å²) in [5.41, 5.74) is 2.11. The first-order valence-corrected chi connectivity index (χ1v) is 8.32. The summed E-state index contributed by atoms with van der Waals surface area (Å²) in [4.78, 5) is 24.4. The van der Waals surface area contributed by atoms with Crippen molar-refractivity contribution in [3.05, 3.63) is 65.7 Å². The van der Waals surface area contributed by atoms with Gasteiger partial charge in [0.2, 0.25) is 0 Å². The highest BCUT2D eigenvalue weighted by Crippen LogP contribution is 2.15. The van der Waals surface area contributed by atoms with E-state index in [1.165, 1.54) is 6.92 Å². The van der Waals surface area contributed by atoms with Crippen molar-refractivity contribution >= 4 is 17.4 Å². The molecule has 0 aliphatic heterocycles. The van der Waals surface area contributed by atoms with E-state index in [0.717, 1.165) is 5.56 Å². The summed E-state index contributed by atoms with van der Waals surface area (Å²) < 4.78 is 5.18. The maximum Gasteiger partial charge on any atom is 0.287 e. The molecule has 2 aromatic rings. The maximum absolute atomic E-state index is 12.9.